The monoisotopic (exact) mass is 310 g/mol. The van der Waals surface area contributed by atoms with E-state index in [0.717, 1.165) is 19.3 Å². The fourth-order valence-corrected chi connectivity index (χ4v) is 3.07. The summed E-state index contributed by atoms with van der Waals surface area (Å²) in [6, 6.07) is 8.49. The Kier molecular flexibility index (Phi) is 7.76. The highest BCUT2D eigenvalue weighted by Crippen LogP contribution is 2.25. The lowest BCUT2D eigenvalue weighted by Crippen LogP contribution is -2.37. The molecule has 4 heteroatoms. The Morgan fingerprint density at radius 1 is 1.24 bits per heavy atom. The lowest BCUT2D eigenvalue weighted by atomic mass is 9.83. The summed E-state index contributed by atoms with van der Waals surface area (Å²) in [5, 5.41) is 3.05. The summed E-state index contributed by atoms with van der Waals surface area (Å²) in [4.78, 5) is 12.1. The first-order valence-electron chi connectivity index (χ1n) is 7.79. The summed E-state index contributed by atoms with van der Waals surface area (Å²) in [7, 11) is 0. The summed E-state index contributed by atoms with van der Waals surface area (Å²) in [6.45, 7) is 2.77. The van der Waals surface area contributed by atoms with Crippen molar-refractivity contribution in [2.24, 2.45) is 11.7 Å². The van der Waals surface area contributed by atoms with Crippen molar-refractivity contribution in [3.63, 3.8) is 0 Å². The first kappa shape index (κ1) is 18.0. The molecule has 118 valence electrons. The van der Waals surface area contributed by atoms with E-state index in [-0.39, 0.29) is 24.4 Å². The van der Waals surface area contributed by atoms with Crippen molar-refractivity contribution < 1.29 is 4.79 Å². The number of carbonyl (C=O) groups excluding carboxylic acids is 1. The molecule has 1 saturated carbocycles. The Bertz CT molecular complexity index is 450. The summed E-state index contributed by atoms with van der Waals surface area (Å²) in [5.41, 5.74) is 8.63. The Labute approximate surface area is 134 Å². The minimum Gasteiger partial charge on any atom is -0.352 e. The van der Waals surface area contributed by atoms with Crippen LogP contribution in [0.5, 0.6) is 0 Å². The number of benzene rings is 1. The molecule has 2 rings (SSSR count). The van der Waals surface area contributed by atoms with Gasteiger partial charge in [-0.2, -0.15) is 0 Å². The van der Waals surface area contributed by atoms with E-state index in [4.69, 9.17) is 5.73 Å². The van der Waals surface area contributed by atoms with Gasteiger partial charge in [-0.1, -0.05) is 44.0 Å². The molecular formula is C17H27ClN2O. The Morgan fingerprint density at radius 2 is 1.90 bits per heavy atom. The normalized spacial score (nSPS) is 21.4. The van der Waals surface area contributed by atoms with Gasteiger partial charge in [-0.15, -0.1) is 12.4 Å². The third-order valence-electron chi connectivity index (χ3n) is 4.39. The SMILES string of the molecule is CCc1ccccc1CNC(=O)CC1CCCCC1N.Cl. The van der Waals surface area contributed by atoms with Crippen molar-refractivity contribution in [3.8, 4) is 0 Å². The molecule has 1 aliphatic rings. The maximum Gasteiger partial charge on any atom is 0.220 e. The van der Waals surface area contributed by atoms with E-state index in [1.54, 1.807) is 0 Å². The minimum absolute atomic E-state index is 0. The fourth-order valence-electron chi connectivity index (χ4n) is 3.07. The zero-order valence-corrected chi connectivity index (χ0v) is 13.6. The molecule has 1 amide bonds. The van der Waals surface area contributed by atoms with Gasteiger partial charge in [0.15, 0.2) is 0 Å². The van der Waals surface area contributed by atoms with Crippen LogP contribution in [0.4, 0.5) is 0 Å². The molecule has 1 aromatic carbocycles. The molecule has 0 aromatic heterocycles. The number of nitrogens with one attached hydrogen (secondary N) is 1. The van der Waals surface area contributed by atoms with Crippen LogP contribution in [-0.4, -0.2) is 11.9 Å². The topological polar surface area (TPSA) is 55.1 Å². The molecule has 0 aliphatic heterocycles. The quantitative estimate of drug-likeness (QED) is 0.877. The van der Waals surface area contributed by atoms with Gasteiger partial charge in [-0.05, 0) is 36.3 Å². The van der Waals surface area contributed by atoms with Gasteiger partial charge in [0.1, 0.15) is 0 Å². The molecule has 0 spiro atoms. The van der Waals surface area contributed by atoms with Crippen LogP contribution in [0.1, 0.15) is 50.2 Å². The zero-order valence-electron chi connectivity index (χ0n) is 12.8. The van der Waals surface area contributed by atoms with E-state index in [0.29, 0.717) is 18.9 Å². The number of hydrogen-bond acceptors (Lipinski definition) is 2. The van der Waals surface area contributed by atoms with Crippen LogP contribution < -0.4 is 11.1 Å². The Morgan fingerprint density at radius 3 is 2.57 bits per heavy atom. The standard InChI is InChI=1S/C17H26N2O.ClH/c1-2-13-7-3-4-9-15(13)12-19-17(20)11-14-8-5-6-10-16(14)18;/h3-4,7,9,14,16H,2,5-6,8,10-12,18H2,1H3,(H,19,20);1H. The average Bonchev–Trinajstić information content (AvgIpc) is 2.48. The third kappa shape index (κ3) is 5.33. The van der Waals surface area contributed by atoms with Crippen LogP contribution in [-0.2, 0) is 17.8 Å². The van der Waals surface area contributed by atoms with Crippen molar-refractivity contribution in [2.75, 3.05) is 0 Å². The van der Waals surface area contributed by atoms with E-state index < -0.39 is 0 Å². The van der Waals surface area contributed by atoms with Gasteiger partial charge in [0.2, 0.25) is 5.91 Å². The molecule has 1 aromatic rings. The molecule has 0 bridgehead atoms. The van der Waals surface area contributed by atoms with E-state index in [1.165, 1.54) is 24.0 Å². The highest BCUT2D eigenvalue weighted by Gasteiger charge is 2.23. The smallest absolute Gasteiger partial charge is 0.220 e. The number of rotatable bonds is 5. The molecule has 0 saturated heterocycles. The number of halogens is 1. The highest BCUT2D eigenvalue weighted by atomic mass is 35.5. The van der Waals surface area contributed by atoms with Crippen LogP contribution >= 0.6 is 12.4 Å². The molecular weight excluding hydrogens is 284 g/mol. The maximum atomic E-state index is 12.1. The number of hydrogen-bond donors (Lipinski definition) is 2. The first-order valence-corrected chi connectivity index (χ1v) is 7.79. The fraction of sp³-hybridized carbons (Fsp3) is 0.588. The van der Waals surface area contributed by atoms with Gasteiger partial charge >= 0.3 is 0 Å². The second-order valence-electron chi connectivity index (χ2n) is 5.81. The van der Waals surface area contributed by atoms with Crippen LogP contribution in [0.25, 0.3) is 0 Å². The number of aryl methyl sites for hydroxylation is 1. The van der Waals surface area contributed by atoms with E-state index in [2.05, 4.69) is 24.4 Å². The molecule has 0 heterocycles. The average molecular weight is 311 g/mol. The second kappa shape index (κ2) is 9.06. The highest BCUT2D eigenvalue weighted by molar-refractivity contribution is 5.85. The van der Waals surface area contributed by atoms with Gasteiger partial charge in [-0.25, -0.2) is 0 Å². The predicted octanol–water partition coefficient (Wildman–Crippen LogP) is 3.19. The van der Waals surface area contributed by atoms with E-state index >= 15 is 0 Å². The summed E-state index contributed by atoms with van der Waals surface area (Å²) >= 11 is 0. The van der Waals surface area contributed by atoms with Gasteiger partial charge < -0.3 is 11.1 Å². The molecule has 2 unspecified atom stereocenters. The molecule has 3 N–H and O–H groups in total. The molecule has 0 radical (unpaired) electrons. The predicted molar refractivity (Wildman–Crippen MR) is 89.5 cm³/mol. The van der Waals surface area contributed by atoms with Gasteiger partial charge in [-0.3, -0.25) is 4.79 Å². The maximum absolute atomic E-state index is 12.1. The van der Waals surface area contributed by atoms with E-state index in [9.17, 15) is 4.79 Å². The molecule has 21 heavy (non-hydrogen) atoms. The van der Waals surface area contributed by atoms with Crippen molar-refractivity contribution in [2.45, 2.75) is 58.0 Å². The summed E-state index contributed by atoms with van der Waals surface area (Å²) < 4.78 is 0. The van der Waals surface area contributed by atoms with Crippen molar-refractivity contribution in [1.29, 1.82) is 0 Å². The Balaban J connectivity index is 0.00000220. The van der Waals surface area contributed by atoms with Crippen LogP contribution in [0.3, 0.4) is 0 Å². The Hall–Kier alpha value is -1.06. The largest absolute Gasteiger partial charge is 0.352 e. The first-order chi connectivity index (χ1) is 9.70. The second-order valence-corrected chi connectivity index (χ2v) is 5.81. The zero-order chi connectivity index (χ0) is 14.4. The van der Waals surface area contributed by atoms with Crippen LogP contribution in [0.2, 0.25) is 0 Å². The lowest BCUT2D eigenvalue weighted by molar-refractivity contribution is -0.122. The van der Waals surface area contributed by atoms with Gasteiger partial charge in [0, 0.05) is 19.0 Å². The third-order valence-corrected chi connectivity index (χ3v) is 4.39. The molecule has 3 nitrogen and oxygen atoms in total. The summed E-state index contributed by atoms with van der Waals surface area (Å²) in [6.07, 6.45) is 6.17. The van der Waals surface area contributed by atoms with Crippen LogP contribution in [0, 0.1) is 5.92 Å². The number of nitrogens with two attached hydrogens (primary N) is 1. The lowest BCUT2D eigenvalue weighted by Gasteiger charge is -2.28. The van der Waals surface area contributed by atoms with Crippen molar-refractivity contribution in [3.05, 3.63) is 35.4 Å². The minimum atomic E-state index is 0. The molecule has 2 atom stereocenters. The number of amides is 1. The molecule has 1 aliphatic carbocycles. The number of carbonyl (C=O) groups is 1. The van der Waals surface area contributed by atoms with Crippen molar-refractivity contribution in [1.82, 2.24) is 5.32 Å². The van der Waals surface area contributed by atoms with Gasteiger partial charge in [0.05, 0.1) is 0 Å². The molecule has 1 fully saturated rings. The summed E-state index contributed by atoms with van der Waals surface area (Å²) in [5.74, 6) is 0.503. The van der Waals surface area contributed by atoms with E-state index in [1.807, 2.05) is 12.1 Å². The van der Waals surface area contributed by atoms with Gasteiger partial charge in [0.25, 0.3) is 0 Å². The van der Waals surface area contributed by atoms with Crippen LogP contribution in [0.15, 0.2) is 24.3 Å². The van der Waals surface area contributed by atoms with Crippen molar-refractivity contribution >= 4 is 18.3 Å².